The van der Waals surface area contributed by atoms with Crippen molar-refractivity contribution in [1.82, 2.24) is 5.32 Å². The summed E-state index contributed by atoms with van der Waals surface area (Å²) in [6.07, 6.45) is 1.19. The highest BCUT2D eigenvalue weighted by molar-refractivity contribution is 9.10. The van der Waals surface area contributed by atoms with Gasteiger partial charge < -0.3 is 9.84 Å². The van der Waals surface area contributed by atoms with Crippen LogP contribution in [0.3, 0.4) is 0 Å². The average molecular weight is 497 g/mol. The number of aromatic hydroxyl groups is 1. The second-order valence-corrected chi connectivity index (χ2v) is 8.61. The zero-order valence-corrected chi connectivity index (χ0v) is 19.7. The van der Waals surface area contributed by atoms with Gasteiger partial charge in [0, 0.05) is 23.7 Å². The highest BCUT2D eigenvalue weighted by Crippen LogP contribution is 2.39. The largest absolute Gasteiger partial charge is 0.504 e. The van der Waals surface area contributed by atoms with Gasteiger partial charge in [-0.2, -0.15) is 0 Å². The smallest absolute Gasteiger partial charge is 0.162 e. The Hall–Kier alpha value is -2.70. The Labute approximate surface area is 196 Å². The van der Waals surface area contributed by atoms with Crippen LogP contribution in [0, 0.1) is 5.82 Å². The SMILES string of the molecule is CCOc1cccc([C@H]2CC(c3ccc(CC)cc3)=N[C@@H](c3ccc(F)c(Br)c3)N2)c1O. The molecule has 0 saturated carbocycles. The first-order valence-electron chi connectivity index (χ1n) is 10.8. The molecule has 0 aliphatic carbocycles. The number of aryl methyl sites for hydroxylation is 1. The fraction of sp³-hybridized carbons (Fsp3) is 0.269. The molecule has 3 aromatic rings. The lowest BCUT2D eigenvalue weighted by atomic mass is 9.93. The van der Waals surface area contributed by atoms with Crippen molar-refractivity contribution in [2.75, 3.05) is 6.61 Å². The van der Waals surface area contributed by atoms with Gasteiger partial charge in [0.2, 0.25) is 0 Å². The Bertz CT molecular complexity index is 1130. The number of phenols is 1. The maximum atomic E-state index is 13.8. The minimum atomic E-state index is -0.387. The molecule has 0 amide bonds. The minimum Gasteiger partial charge on any atom is -0.504 e. The molecule has 32 heavy (non-hydrogen) atoms. The van der Waals surface area contributed by atoms with Gasteiger partial charge in [0.15, 0.2) is 11.5 Å². The van der Waals surface area contributed by atoms with E-state index in [1.807, 2.05) is 19.1 Å². The van der Waals surface area contributed by atoms with E-state index in [4.69, 9.17) is 9.73 Å². The zero-order valence-electron chi connectivity index (χ0n) is 18.1. The van der Waals surface area contributed by atoms with Gasteiger partial charge >= 0.3 is 0 Å². The number of benzene rings is 3. The van der Waals surface area contributed by atoms with Crippen molar-refractivity contribution in [2.45, 2.75) is 38.9 Å². The zero-order chi connectivity index (χ0) is 22.7. The maximum absolute atomic E-state index is 13.8. The summed E-state index contributed by atoms with van der Waals surface area (Å²) in [6.45, 7) is 4.49. The summed E-state index contributed by atoms with van der Waals surface area (Å²) in [7, 11) is 0. The predicted molar refractivity (Wildman–Crippen MR) is 129 cm³/mol. The van der Waals surface area contributed by atoms with Crippen molar-refractivity contribution < 1.29 is 14.2 Å². The number of hydrogen-bond acceptors (Lipinski definition) is 4. The number of nitrogens with one attached hydrogen (secondary N) is 1. The van der Waals surface area contributed by atoms with Crippen LogP contribution < -0.4 is 10.1 Å². The van der Waals surface area contributed by atoms with Gasteiger partial charge in [0.25, 0.3) is 0 Å². The molecule has 0 radical (unpaired) electrons. The van der Waals surface area contributed by atoms with Crippen LogP contribution in [0.1, 0.15) is 54.7 Å². The van der Waals surface area contributed by atoms with Gasteiger partial charge in [0.05, 0.1) is 11.1 Å². The third kappa shape index (κ3) is 4.71. The second kappa shape index (κ2) is 9.84. The van der Waals surface area contributed by atoms with Crippen LogP contribution in [-0.4, -0.2) is 17.4 Å². The van der Waals surface area contributed by atoms with E-state index in [1.54, 1.807) is 18.2 Å². The molecule has 6 heteroatoms. The van der Waals surface area contributed by atoms with Crippen LogP contribution in [-0.2, 0) is 6.42 Å². The first-order chi connectivity index (χ1) is 15.5. The molecule has 0 fully saturated rings. The highest BCUT2D eigenvalue weighted by Gasteiger charge is 2.29. The van der Waals surface area contributed by atoms with Crippen molar-refractivity contribution >= 4 is 21.6 Å². The number of ether oxygens (including phenoxy) is 1. The lowest BCUT2D eigenvalue weighted by molar-refractivity contribution is 0.313. The third-order valence-electron chi connectivity index (χ3n) is 5.70. The van der Waals surface area contributed by atoms with Crippen molar-refractivity contribution in [1.29, 1.82) is 0 Å². The number of halogens is 2. The standard InChI is InChI=1S/C26H26BrFN2O2/c1-3-16-8-10-17(11-9-16)22-15-23(19-6-5-7-24(25(19)31)32-4-2)30-26(29-22)18-12-13-21(28)20(27)14-18/h5-14,23,26,30-31H,3-4,15H2,1-2H3/t23-,26-/m1/s1. The molecule has 0 spiro atoms. The van der Waals surface area contributed by atoms with Crippen LogP contribution >= 0.6 is 15.9 Å². The molecule has 2 atom stereocenters. The number of phenolic OH excluding ortho intramolecular Hbond substituents is 1. The van der Waals surface area contributed by atoms with Crippen molar-refractivity contribution in [2.24, 2.45) is 4.99 Å². The fourth-order valence-electron chi connectivity index (χ4n) is 3.96. The lowest BCUT2D eigenvalue weighted by Gasteiger charge is -2.31. The number of rotatable bonds is 6. The summed E-state index contributed by atoms with van der Waals surface area (Å²) in [5, 5.41) is 14.4. The van der Waals surface area contributed by atoms with Gasteiger partial charge in [-0.15, -0.1) is 0 Å². The van der Waals surface area contributed by atoms with Crippen molar-refractivity contribution in [3.05, 3.63) is 93.2 Å². The molecular weight excluding hydrogens is 471 g/mol. The topological polar surface area (TPSA) is 53.8 Å². The Morgan fingerprint density at radius 3 is 2.59 bits per heavy atom. The molecule has 1 aliphatic heterocycles. The van der Waals surface area contributed by atoms with Gasteiger partial charge in [-0.05, 0) is 64.2 Å². The normalized spacial score (nSPS) is 18.3. The van der Waals surface area contributed by atoms with Gasteiger partial charge in [-0.1, -0.05) is 49.4 Å². The first kappa shape index (κ1) is 22.5. The quantitative estimate of drug-likeness (QED) is 0.410. The molecule has 1 aliphatic rings. The number of aliphatic imine (C=N–C) groups is 1. The fourth-order valence-corrected chi connectivity index (χ4v) is 4.36. The molecule has 0 aromatic heterocycles. The predicted octanol–water partition coefficient (Wildman–Crippen LogP) is 6.48. The van der Waals surface area contributed by atoms with E-state index >= 15 is 0 Å². The molecule has 0 saturated heterocycles. The van der Waals surface area contributed by atoms with E-state index in [1.165, 1.54) is 11.6 Å². The Kier molecular flexibility index (Phi) is 6.92. The molecule has 3 aromatic carbocycles. The number of hydrogen-bond donors (Lipinski definition) is 2. The molecule has 166 valence electrons. The van der Waals surface area contributed by atoms with E-state index < -0.39 is 0 Å². The average Bonchev–Trinajstić information content (AvgIpc) is 2.82. The van der Waals surface area contributed by atoms with Crippen molar-refractivity contribution in [3.8, 4) is 11.5 Å². The molecular formula is C26H26BrFN2O2. The summed E-state index contributed by atoms with van der Waals surface area (Å²) in [6, 6.07) is 18.7. The van der Waals surface area contributed by atoms with Gasteiger partial charge in [-0.25, -0.2) is 4.39 Å². The maximum Gasteiger partial charge on any atom is 0.162 e. The number of para-hydroxylation sites is 1. The highest BCUT2D eigenvalue weighted by atomic mass is 79.9. The van der Waals surface area contributed by atoms with Crippen LogP contribution in [0.2, 0.25) is 0 Å². The Morgan fingerprint density at radius 2 is 1.91 bits per heavy atom. The van der Waals surface area contributed by atoms with E-state index in [-0.39, 0.29) is 23.8 Å². The van der Waals surface area contributed by atoms with Crippen molar-refractivity contribution in [3.63, 3.8) is 0 Å². The van der Waals surface area contributed by atoms with E-state index in [9.17, 15) is 9.50 Å². The minimum absolute atomic E-state index is 0.133. The number of nitrogens with zero attached hydrogens (tertiary/aromatic N) is 1. The molecule has 4 rings (SSSR count). The molecule has 0 unspecified atom stereocenters. The summed E-state index contributed by atoms with van der Waals surface area (Å²) < 4.78 is 19.8. The van der Waals surface area contributed by atoms with Gasteiger partial charge in [0.1, 0.15) is 12.0 Å². The summed E-state index contributed by atoms with van der Waals surface area (Å²) in [5.41, 5.74) is 4.83. The summed E-state index contributed by atoms with van der Waals surface area (Å²) >= 11 is 3.28. The Balaban J connectivity index is 1.75. The van der Waals surface area contributed by atoms with Gasteiger partial charge in [-0.3, -0.25) is 10.3 Å². The van der Waals surface area contributed by atoms with Crippen LogP contribution in [0.5, 0.6) is 11.5 Å². The van der Waals surface area contributed by atoms with Crippen LogP contribution in [0.25, 0.3) is 0 Å². The molecule has 1 heterocycles. The molecule has 2 N–H and O–H groups in total. The molecule has 4 nitrogen and oxygen atoms in total. The van der Waals surface area contributed by atoms with Crippen LogP contribution in [0.15, 0.2) is 70.1 Å². The lowest BCUT2D eigenvalue weighted by Crippen LogP contribution is -2.33. The second-order valence-electron chi connectivity index (χ2n) is 7.75. The van der Waals surface area contributed by atoms with Crippen LogP contribution in [0.4, 0.5) is 4.39 Å². The third-order valence-corrected chi connectivity index (χ3v) is 6.31. The van der Waals surface area contributed by atoms with E-state index in [0.717, 1.165) is 28.8 Å². The Morgan fingerprint density at radius 1 is 1.12 bits per heavy atom. The first-order valence-corrected chi connectivity index (χ1v) is 11.6. The van der Waals surface area contributed by atoms with E-state index in [0.29, 0.717) is 23.2 Å². The summed E-state index contributed by atoms with van der Waals surface area (Å²) in [5.74, 6) is 0.278. The summed E-state index contributed by atoms with van der Waals surface area (Å²) in [4.78, 5) is 4.96. The molecule has 0 bridgehead atoms. The van der Waals surface area contributed by atoms with E-state index in [2.05, 4.69) is 52.4 Å². The monoisotopic (exact) mass is 496 g/mol.